The number of aromatic nitrogens is 3. The Morgan fingerprint density at radius 2 is 1.84 bits per heavy atom. The smallest absolute Gasteiger partial charge is 0.226 e. The van der Waals surface area contributed by atoms with Gasteiger partial charge in [0.05, 0.1) is 12.7 Å². The summed E-state index contributed by atoms with van der Waals surface area (Å²) in [5.74, 6) is 2.95. The van der Waals surface area contributed by atoms with Gasteiger partial charge >= 0.3 is 0 Å². The largest absolute Gasteiger partial charge is 0.480 e. The van der Waals surface area contributed by atoms with Crippen molar-refractivity contribution in [3.63, 3.8) is 0 Å². The van der Waals surface area contributed by atoms with Gasteiger partial charge in [-0.2, -0.15) is 4.98 Å². The maximum Gasteiger partial charge on any atom is 0.226 e. The molecule has 1 aliphatic carbocycles. The van der Waals surface area contributed by atoms with E-state index in [1.165, 1.54) is 25.7 Å². The van der Waals surface area contributed by atoms with Crippen molar-refractivity contribution < 1.29 is 4.74 Å². The van der Waals surface area contributed by atoms with Gasteiger partial charge in [-0.1, -0.05) is 6.92 Å². The van der Waals surface area contributed by atoms with Crippen LogP contribution < -0.4 is 15.0 Å². The minimum Gasteiger partial charge on any atom is -0.480 e. The normalized spacial score (nSPS) is 20.2. The summed E-state index contributed by atoms with van der Waals surface area (Å²) in [5.41, 5.74) is 1.80. The van der Waals surface area contributed by atoms with E-state index in [-0.39, 0.29) is 0 Å². The molecule has 0 saturated heterocycles. The number of hydrogen-bond donors (Lipinski definition) is 1. The lowest BCUT2D eigenvalue weighted by atomic mass is 9.87. The zero-order valence-electron chi connectivity index (χ0n) is 15.5. The number of ether oxygens (including phenoxy) is 1. The van der Waals surface area contributed by atoms with Gasteiger partial charge in [0.15, 0.2) is 0 Å². The summed E-state index contributed by atoms with van der Waals surface area (Å²) in [4.78, 5) is 15.5. The molecular weight excluding hydrogens is 314 g/mol. The van der Waals surface area contributed by atoms with Gasteiger partial charge in [-0.05, 0) is 43.7 Å². The van der Waals surface area contributed by atoms with Crippen molar-refractivity contribution in [3.8, 4) is 17.0 Å². The van der Waals surface area contributed by atoms with E-state index in [1.54, 1.807) is 7.11 Å². The van der Waals surface area contributed by atoms with Gasteiger partial charge in [-0.15, -0.1) is 0 Å². The number of rotatable bonds is 5. The molecule has 1 N–H and O–H groups in total. The van der Waals surface area contributed by atoms with Crippen LogP contribution in [-0.2, 0) is 0 Å². The maximum atomic E-state index is 5.50. The zero-order chi connectivity index (χ0) is 17.8. The van der Waals surface area contributed by atoms with Crippen LogP contribution >= 0.6 is 0 Å². The number of pyridine rings is 1. The summed E-state index contributed by atoms with van der Waals surface area (Å²) in [5, 5.41) is 3.45. The van der Waals surface area contributed by atoms with Gasteiger partial charge in [-0.3, -0.25) is 0 Å². The molecule has 0 bridgehead atoms. The number of nitrogens with one attached hydrogen (secondary N) is 1. The highest BCUT2D eigenvalue weighted by Crippen LogP contribution is 2.30. The molecular formula is C19H27N5O. The highest BCUT2D eigenvalue weighted by atomic mass is 16.5. The topological polar surface area (TPSA) is 63.2 Å². The quantitative estimate of drug-likeness (QED) is 0.896. The molecule has 0 aliphatic heterocycles. The third kappa shape index (κ3) is 4.18. The van der Waals surface area contributed by atoms with Crippen LogP contribution in [0.5, 0.6) is 5.88 Å². The van der Waals surface area contributed by atoms with E-state index >= 15 is 0 Å². The van der Waals surface area contributed by atoms with Crippen LogP contribution in [0.3, 0.4) is 0 Å². The maximum absolute atomic E-state index is 5.50. The molecule has 6 heteroatoms. The van der Waals surface area contributed by atoms with Crippen molar-refractivity contribution >= 4 is 11.8 Å². The molecule has 0 radical (unpaired) electrons. The summed E-state index contributed by atoms with van der Waals surface area (Å²) < 4.78 is 5.50. The second-order valence-corrected chi connectivity index (χ2v) is 7.02. The van der Waals surface area contributed by atoms with E-state index in [0.717, 1.165) is 22.9 Å². The molecule has 0 spiro atoms. The molecule has 6 nitrogen and oxygen atoms in total. The molecule has 0 amide bonds. The first-order valence-corrected chi connectivity index (χ1v) is 8.88. The average Bonchev–Trinajstić information content (AvgIpc) is 2.63. The number of anilines is 2. The van der Waals surface area contributed by atoms with Crippen LogP contribution in [0.2, 0.25) is 0 Å². The minimum absolute atomic E-state index is 0.452. The highest BCUT2D eigenvalue weighted by molar-refractivity contribution is 5.68. The van der Waals surface area contributed by atoms with Crippen LogP contribution in [0.4, 0.5) is 11.8 Å². The lowest BCUT2D eigenvalue weighted by Gasteiger charge is -2.27. The number of methoxy groups -OCH3 is 1. The lowest BCUT2D eigenvalue weighted by Crippen LogP contribution is -2.26. The minimum atomic E-state index is 0.452. The second kappa shape index (κ2) is 7.68. The second-order valence-electron chi connectivity index (χ2n) is 7.02. The fourth-order valence-electron chi connectivity index (χ4n) is 3.19. The monoisotopic (exact) mass is 341 g/mol. The highest BCUT2D eigenvalue weighted by Gasteiger charge is 2.19. The molecule has 134 valence electrons. The molecule has 2 aromatic heterocycles. The number of hydrogen-bond acceptors (Lipinski definition) is 6. The van der Waals surface area contributed by atoms with E-state index in [0.29, 0.717) is 17.9 Å². The fourth-order valence-corrected chi connectivity index (χ4v) is 3.19. The van der Waals surface area contributed by atoms with Gasteiger partial charge in [0.25, 0.3) is 0 Å². The fraction of sp³-hybridized carbons (Fsp3) is 0.526. The van der Waals surface area contributed by atoms with Crippen molar-refractivity contribution in [1.82, 2.24) is 15.0 Å². The van der Waals surface area contributed by atoms with Crippen molar-refractivity contribution in [3.05, 3.63) is 24.5 Å². The number of nitrogens with zero attached hydrogens (tertiary/aromatic N) is 4. The molecule has 1 saturated carbocycles. The molecule has 0 atom stereocenters. The SMILES string of the molecule is COc1nc(NC2CCC(C)CC2)ncc1-c1ccc(N(C)C)nc1. The first-order valence-electron chi connectivity index (χ1n) is 8.88. The Morgan fingerprint density at radius 3 is 2.44 bits per heavy atom. The lowest BCUT2D eigenvalue weighted by molar-refractivity contribution is 0.359. The summed E-state index contributed by atoms with van der Waals surface area (Å²) in [6.07, 6.45) is 8.50. The molecule has 2 heterocycles. The van der Waals surface area contributed by atoms with E-state index in [9.17, 15) is 0 Å². The Labute approximate surface area is 149 Å². The van der Waals surface area contributed by atoms with Gasteiger partial charge in [0.2, 0.25) is 11.8 Å². The zero-order valence-corrected chi connectivity index (χ0v) is 15.5. The molecule has 1 fully saturated rings. The van der Waals surface area contributed by atoms with E-state index in [2.05, 4.69) is 27.2 Å². The molecule has 3 rings (SSSR count). The van der Waals surface area contributed by atoms with Gasteiger partial charge < -0.3 is 15.0 Å². The van der Waals surface area contributed by atoms with Crippen LogP contribution in [-0.4, -0.2) is 42.2 Å². The van der Waals surface area contributed by atoms with Gasteiger partial charge in [0.1, 0.15) is 5.82 Å². The molecule has 25 heavy (non-hydrogen) atoms. The molecule has 1 aliphatic rings. The predicted octanol–water partition coefficient (Wildman–Crippen LogP) is 3.60. The van der Waals surface area contributed by atoms with Crippen molar-refractivity contribution in [2.75, 3.05) is 31.4 Å². The van der Waals surface area contributed by atoms with Crippen LogP contribution in [0.25, 0.3) is 11.1 Å². The van der Waals surface area contributed by atoms with Crippen LogP contribution in [0.1, 0.15) is 32.6 Å². The Balaban J connectivity index is 1.77. The predicted molar refractivity (Wildman–Crippen MR) is 101 cm³/mol. The van der Waals surface area contributed by atoms with Gasteiger partial charge in [-0.25, -0.2) is 9.97 Å². The van der Waals surface area contributed by atoms with Crippen LogP contribution in [0.15, 0.2) is 24.5 Å². The van der Waals surface area contributed by atoms with Gasteiger partial charge in [0, 0.05) is 38.1 Å². The van der Waals surface area contributed by atoms with E-state index in [1.807, 2.05) is 43.5 Å². The Hall–Kier alpha value is -2.37. The van der Waals surface area contributed by atoms with Crippen molar-refractivity contribution in [2.24, 2.45) is 5.92 Å². The standard InChI is InChI=1S/C19H27N5O/c1-13-5-8-15(9-6-13)22-19-21-12-16(18(23-19)25-4)14-7-10-17(20-11-14)24(2)3/h7,10-13,15H,5-6,8-9H2,1-4H3,(H,21,22,23). The Morgan fingerprint density at radius 1 is 1.08 bits per heavy atom. The van der Waals surface area contributed by atoms with Crippen molar-refractivity contribution in [2.45, 2.75) is 38.6 Å². The Kier molecular flexibility index (Phi) is 5.36. The Bertz CT molecular complexity index is 693. The third-order valence-electron chi connectivity index (χ3n) is 4.81. The summed E-state index contributed by atoms with van der Waals surface area (Å²) >= 11 is 0. The van der Waals surface area contributed by atoms with Crippen LogP contribution in [0, 0.1) is 5.92 Å². The third-order valence-corrected chi connectivity index (χ3v) is 4.81. The summed E-state index contributed by atoms with van der Waals surface area (Å²) in [7, 11) is 5.58. The summed E-state index contributed by atoms with van der Waals surface area (Å²) in [6, 6.07) is 4.44. The molecule has 0 aromatic carbocycles. The van der Waals surface area contributed by atoms with Crippen molar-refractivity contribution in [1.29, 1.82) is 0 Å². The average molecular weight is 341 g/mol. The molecule has 0 unspecified atom stereocenters. The molecule has 2 aromatic rings. The summed E-state index contributed by atoms with van der Waals surface area (Å²) in [6.45, 7) is 2.32. The first-order chi connectivity index (χ1) is 12.1. The van der Waals surface area contributed by atoms with E-state index in [4.69, 9.17) is 4.74 Å². The van der Waals surface area contributed by atoms with E-state index < -0.39 is 0 Å². The first kappa shape index (κ1) is 17.5.